The van der Waals surface area contributed by atoms with E-state index in [2.05, 4.69) is 15.0 Å². The van der Waals surface area contributed by atoms with E-state index in [0.717, 1.165) is 11.1 Å². The summed E-state index contributed by atoms with van der Waals surface area (Å²) in [5.41, 5.74) is 5.52. The third-order valence-electron chi connectivity index (χ3n) is 2.39. The summed E-state index contributed by atoms with van der Waals surface area (Å²) in [4.78, 5) is 22.8. The van der Waals surface area contributed by atoms with Crippen molar-refractivity contribution in [3.05, 3.63) is 5.69 Å². The smallest absolute Gasteiger partial charge is 0.362 e. The van der Waals surface area contributed by atoms with Gasteiger partial charge in [-0.2, -0.15) is 0 Å². The summed E-state index contributed by atoms with van der Waals surface area (Å²) in [6, 6.07) is 0. The molecule has 0 radical (unpaired) electrons. The van der Waals surface area contributed by atoms with E-state index in [0.29, 0.717) is 12.5 Å². The van der Waals surface area contributed by atoms with Gasteiger partial charge in [0.1, 0.15) is 6.54 Å². The zero-order valence-electron chi connectivity index (χ0n) is 11.3. The molecule has 0 aliphatic heterocycles. The molecule has 2 N–H and O–H groups in total. The molecule has 0 aliphatic rings. The van der Waals surface area contributed by atoms with Crippen LogP contribution in [-0.4, -0.2) is 40.6 Å². The van der Waals surface area contributed by atoms with Gasteiger partial charge in [-0.1, -0.05) is 19.1 Å². The molecule has 106 valence electrons. The summed E-state index contributed by atoms with van der Waals surface area (Å²) >= 11 is 0. The van der Waals surface area contributed by atoms with Gasteiger partial charge in [-0.15, -0.1) is 5.10 Å². The first-order valence-corrected chi connectivity index (χ1v) is 5.88. The van der Waals surface area contributed by atoms with E-state index in [9.17, 15) is 9.59 Å². The van der Waals surface area contributed by atoms with Gasteiger partial charge in [0.2, 0.25) is 5.69 Å². The standard InChI is InChI=1S/C11H18N4O4/c1-7(2)4-5-19-8(16)6-15-10(12)9(13-14-15)11(17)18-3/h7H,4-6,12H2,1-3H3. The second kappa shape index (κ2) is 6.72. The molecule has 8 heteroatoms. The molecule has 1 rings (SSSR count). The predicted molar refractivity (Wildman–Crippen MR) is 66.2 cm³/mol. The molecule has 8 nitrogen and oxygen atoms in total. The van der Waals surface area contributed by atoms with Gasteiger partial charge in [0, 0.05) is 0 Å². The molecule has 0 amide bonds. The number of nitrogens with two attached hydrogens (primary N) is 1. The van der Waals surface area contributed by atoms with E-state index in [1.807, 2.05) is 13.8 Å². The first-order chi connectivity index (χ1) is 8.95. The number of carbonyl (C=O) groups excluding carboxylic acids is 2. The van der Waals surface area contributed by atoms with E-state index in [1.54, 1.807) is 0 Å². The normalized spacial score (nSPS) is 10.5. The van der Waals surface area contributed by atoms with Crippen molar-refractivity contribution < 1.29 is 19.1 Å². The molecule has 1 aromatic rings. The summed E-state index contributed by atoms with van der Waals surface area (Å²) in [7, 11) is 1.21. The van der Waals surface area contributed by atoms with Gasteiger partial charge in [0.25, 0.3) is 0 Å². The predicted octanol–water partition coefficient (Wildman–Crippen LogP) is 0.236. The van der Waals surface area contributed by atoms with Crippen molar-refractivity contribution in [2.24, 2.45) is 5.92 Å². The number of nitrogen functional groups attached to an aromatic ring is 1. The van der Waals surface area contributed by atoms with E-state index in [-0.39, 0.29) is 18.1 Å². The van der Waals surface area contributed by atoms with Gasteiger partial charge in [-0.25, -0.2) is 9.48 Å². The Morgan fingerprint density at radius 3 is 2.68 bits per heavy atom. The van der Waals surface area contributed by atoms with E-state index < -0.39 is 11.9 Å². The molecule has 0 fully saturated rings. The zero-order chi connectivity index (χ0) is 14.4. The van der Waals surface area contributed by atoms with Crippen LogP contribution < -0.4 is 5.73 Å². The number of nitrogens with zero attached hydrogens (tertiary/aromatic N) is 3. The zero-order valence-corrected chi connectivity index (χ0v) is 11.3. The Morgan fingerprint density at radius 1 is 1.42 bits per heavy atom. The number of hydrogen-bond acceptors (Lipinski definition) is 7. The topological polar surface area (TPSA) is 109 Å². The van der Waals surface area contributed by atoms with Crippen molar-refractivity contribution in [2.75, 3.05) is 19.5 Å². The van der Waals surface area contributed by atoms with Gasteiger partial charge in [-0.05, 0) is 12.3 Å². The van der Waals surface area contributed by atoms with E-state index in [4.69, 9.17) is 10.5 Å². The molecule has 1 aromatic heterocycles. The van der Waals surface area contributed by atoms with E-state index >= 15 is 0 Å². The highest BCUT2D eigenvalue weighted by Crippen LogP contribution is 2.09. The fourth-order valence-electron chi connectivity index (χ4n) is 1.26. The number of ether oxygens (including phenoxy) is 2. The Labute approximate surface area is 110 Å². The van der Waals surface area contributed by atoms with Crippen molar-refractivity contribution in [1.29, 1.82) is 0 Å². The van der Waals surface area contributed by atoms with Crippen LogP contribution in [0, 0.1) is 5.92 Å². The van der Waals surface area contributed by atoms with Crippen LogP contribution in [0.1, 0.15) is 30.8 Å². The lowest BCUT2D eigenvalue weighted by atomic mass is 10.1. The Bertz CT molecular complexity index is 456. The van der Waals surface area contributed by atoms with Crippen LogP contribution >= 0.6 is 0 Å². The number of carbonyl (C=O) groups is 2. The Balaban J connectivity index is 2.55. The SMILES string of the molecule is COC(=O)c1nnn(CC(=O)OCCC(C)C)c1N. The number of aromatic nitrogens is 3. The van der Waals surface area contributed by atoms with Crippen molar-refractivity contribution in [2.45, 2.75) is 26.8 Å². The first kappa shape index (κ1) is 14.9. The maximum absolute atomic E-state index is 11.5. The monoisotopic (exact) mass is 270 g/mol. The van der Waals surface area contributed by atoms with Crippen LogP contribution in [0.5, 0.6) is 0 Å². The quantitative estimate of drug-likeness (QED) is 0.737. The average Bonchev–Trinajstić information content (AvgIpc) is 2.70. The largest absolute Gasteiger partial charge is 0.464 e. The van der Waals surface area contributed by atoms with Crippen molar-refractivity contribution in [3.63, 3.8) is 0 Å². The summed E-state index contributed by atoms with van der Waals surface area (Å²) in [6.45, 7) is 4.22. The van der Waals surface area contributed by atoms with Crippen LogP contribution in [-0.2, 0) is 20.8 Å². The molecule has 0 spiro atoms. The minimum Gasteiger partial charge on any atom is -0.464 e. The third kappa shape index (κ3) is 4.23. The third-order valence-corrected chi connectivity index (χ3v) is 2.39. The van der Waals surface area contributed by atoms with E-state index in [1.165, 1.54) is 7.11 Å². The highest BCUT2D eigenvalue weighted by molar-refractivity contribution is 5.91. The molecule has 1 heterocycles. The molecule has 0 unspecified atom stereocenters. The van der Waals surface area contributed by atoms with Crippen molar-refractivity contribution in [3.8, 4) is 0 Å². The van der Waals surface area contributed by atoms with Gasteiger partial charge in [0.05, 0.1) is 13.7 Å². The molecule has 0 bridgehead atoms. The number of anilines is 1. The molecule has 0 saturated heterocycles. The fraction of sp³-hybridized carbons (Fsp3) is 0.636. The Kier molecular flexibility index (Phi) is 5.28. The minimum absolute atomic E-state index is 0.0207. The number of methoxy groups -OCH3 is 1. The molecule has 0 aromatic carbocycles. The second-order valence-electron chi connectivity index (χ2n) is 4.38. The van der Waals surface area contributed by atoms with Crippen LogP contribution in [0.2, 0.25) is 0 Å². The molecule has 0 aliphatic carbocycles. The second-order valence-corrected chi connectivity index (χ2v) is 4.38. The first-order valence-electron chi connectivity index (χ1n) is 5.88. The van der Waals surface area contributed by atoms with Crippen LogP contribution in [0.15, 0.2) is 0 Å². The van der Waals surface area contributed by atoms with Crippen molar-refractivity contribution in [1.82, 2.24) is 15.0 Å². The Morgan fingerprint density at radius 2 is 2.11 bits per heavy atom. The van der Waals surface area contributed by atoms with Crippen LogP contribution in [0.4, 0.5) is 5.82 Å². The maximum Gasteiger partial charge on any atom is 0.362 e. The molecule has 19 heavy (non-hydrogen) atoms. The van der Waals surface area contributed by atoms with Gasteiger partial charge >= 0.3 is 11.9 Å². The summed E-state index contributed by atoms with van der Waals surface area (Å²) in [6.07, 6.45) is 0.784. The lowest BCUT2D eigenvalue weighted by Gasteiger charge is -2.07. The van der Waals surface area contributed by atoms with Crippen LogP contribution in [0.25, 0.3) is 0 Å². The fourth-order valence-corrected chi connectivity index (χ4v) is 1.26. The van der Waals surface area contributed by atoms with Gasteiger partial charge < -0.3 is 15.2 Å². The maximum atomic E-state index is 11.5. The number of esters is 2. The van der Waals surface area contributed by atoms with Gasteiger partial charge in [-0.3, -0.25) is 4.79 Å². The lowest BCUT2D eigenvalue weighted by molar-refractivity contribution is -0.144. The van der Waals surface area contributed by atoms with Gasteiger partial charge in [0.15, 0.2) is 5.82 Å². The highest BCUT2D eigenvalue weighted by atomic mass is 16.5. The highest BCUT2D eigenvalue weighted by Gasteiger charge is 2.19. The van der Waals surface area contributed by atoms with Crippen molar-refractivity contribution >= 4 is 17.8 Å². The Hall–Kier alpha value is -2.12. The summed E-state index contributed by atoms with van der Waals surface area (Å²) in [5.74, 6) is -0.742. The molecule has 0 atom stereocenters. The molecule has 0 saturated carbocycles. The molecular weight excluding hydrogens is 252 g/mol. The number of hydrogen-bond donors (Lipinski definition) is 1. The van der Waals surface area contributed by atoms with Crippen LogP contribution in [0.3, 0.4) is 0 Å². The molecular formula is C11H18N4O4. The lowest BCUT2D eigenvalue weighted by Crippen LogP contribution is -2.18. The summed E-state index contributed by atoms with van der Waals surface area (Å²) < 4.78 is 10.6. The average molecular weight is 270 g/mol. The summed E-state index contributed by atoms with van der Waals surface area (Å²) in [5, 5.41) is 7.16. The minimum atomic E-state index is -0.697. The number of rotatable bonds is 6.